The second-order valence-corrected chi connectivity index (χ2v) is 2.64. The van der Waals surface area contributed by atoms with Crippen molar-refractivity contribution < 1.29 is 0 Å². The highest BCUT2D eigenvalue weighted by atomic mass is 15.0. The molecule has 0 spiro atoms. The molecule has 0 atom stereocenters. The summed E-state index contributed by atoms with van der Waals surface area (Å²) in [5, 5.41) is 3.16. The van der Waals surface area contributed by atoms with Crippen LogP contribution in [0.4, 0.5) is 11.5 Å². The number of rotatable bonds is 2. The summed E-state index contributed by atoms with van der Waals surface area (Å²) in [6.07, 6.45) is 2.77. The maximum absolute atomic E-state index is 4.04. The van der Waals surface area contributed by atoms with E-state index in [-0.39, 0.29) is 0 Å². The van der Waals surface area contributed by atoms with Gasteiger partial charge in [-0.25, -0.2) is 4.98 Å². The van der Waals surface area contributed by atoms with Crippen molar-refractivity contribution in [3.63, 3.8) is 0 Å². The predicted octanol–water partition coefficient (Wildman–Crippen LogP) is 2.63. The maximum atomic E-state index is 4.04. The minimum absolute atomic E-state index is 0.814. The zero-order valence-electron chi connectivity index (χ0n) is 7.07. The number of pyridine rings is 1. The number of nitrogens with one attached hydrogen (secondary N) is 1. The molecule has 1 N–H and O–H groups in total. The van der Waals surface area contributed by atoms with E-state index < -0.39 is 0 Å². The van der Waals surface area contributed by atoms with E-state index in [9.17, 15) is 0 Å². The summed E-state index contributed by atoms with van der Waals surface area (Å²) >= 11 is 0. The van der Waals surface area contributed by atoms with Crippen LogP contribution in [0.15, 0.2) is 48.5 Å². The van der Waals surface area contributed by atoms with Gasteiger partial charge in [0, 0.05) is 5.69 Å². The van der Waals surface area contributed by atoms with Crippen LogP contribution in [0.25, 0.3) is 0 Å². The third-order valence-corrected chi connectivity index (χ3v) is 1.66. The van der Waals surface area contributed by atoms with Crippen molar-refractivity contribution >= 4 is 11.5 Å². The normalized spacial score (nSPS) is 9.54. The molecule has 2 aromatic rings. The molecule has 1 aromatic carbocycles. The Hall–Kier alpha value is -1.83. The third kappa shape index (κ3) is 2.06. The molecule has 0 aliphatic rings. The topological polar surface area (TPSA) is 24.9 Å². The molecule has 0 aliphatic heterocycles. The number of anilines is 2. The molecule has 0 saturated carbocycles. The predicted molar refractivity (Wildman–Crippen MR) is 52.8 cm³/mol. The van der Waals surface area contributed by atoms with Crippen LogP contribution < -0.4 is 5.32 Å². The number of aromatic nitrogens is 1. The van der Waals surface area contributed by atoms with E-state index in [4.69, 9.17) is 0 Å². The molecule has 1 aromatic heterocycles. The summed E-state index contributed by atoms with van der Waals surface area (Å²) in [6, 6.07) is 15.5. The number of hydrogen-bond acceptors (Lipinski definition) is 2. The Morgan fingerprint density at radius 2 is 1.85 bits per heavy atom. The Bertz CT molecular complexity index is 319. The van der Waals surface area contributed by atoms with Crippen LogP contribution in [0, 0.1) is 6.20 Å². The van der Waals surface area contributed by atoms with Gasteiger partial charge in [-0.15, -0.1) is 0 Å². The van der Waals surface area contributed by atoms with Gasteiger partial charge in [0.1, 0.15) is 5.82 Å². The van der Waals surface area contributed by atoms with E-state index in [1.54, 1.807) is 6.07 Å². The fourth-order valence-corrected chi connectivity index (χ4v) is 1.07. The summed E-state index contributed by atoms with van der Waals surface area (Å²) < 4.78 is 0. The van der Waals surface area contributed by atoms with Gasteiger partial charge >= 0.3 is 0 Å². The minimum atomic E-state index is 0.814. The van der Waals surface area contributed by atoms with Gasteiger partial charge in [0.05, 0.1) is 6.20 Å². The third-order valence-electron chi connectivity index (χ3n) is 1.66. The molecule has 0 unspecified atom stereocenters. The van der Waals surface area contributed by atoms with Crippen molar-refractivity contribution in [1.29, 1.82) is 0 Å². The van der Waals surface area contributed by atoms with E-state index in [0.29, 0.717) is 0 Å². The van der Waals surface area contributed by atoms with Crippen molar-refractivity contribution in [3.8, 4) is 0 Å². The summed E-state index contributed by atoms with van der Waals surface area (Å²) in [5.74, 6) is 0.814. The first-order valence-electron chi connectivity index (χ1n) is 4.10. The second kappa shape index (κ2) is 3.72. The van der Waals surface area contributed by atoms with E-state index >= 15 is 0 Å². The molecule has 2 heteroatoms. The van der Waals surface area contributed by atoms with Gasteiger partial charge in [-0.05, 0) is 24.3 Å². The molecule has 0 saturated heterocycles. The van der Waals surface area contributed by atoms with Crippen LogP contribution in [0.5, 0.6) is 0 Å². The fourth-order valence-electron chi connectivity index (χ4n) is 1.07. The lowest BCUT2D eigenvalue weighted by molar-refractivity contribution is 1.29. The molecular formula is C11H9N2. The van der Waals surface area contributed by atoms with Crippen molar-refractivity contribution in [2.75, 3.05) is 5.32 Å². The zero-order valence-corrected chi connectivity index (χ0v) is 7.07. The van der Waals surface area contributed by atoms with Gasteiger partial charge in [-0.3, -0.25) is 0 Å². The van der Waals surface area contributed by atoms with Crippen LogP contribution >= 0.6 is 0 Å². The van der Waals surface area contributed by atoms with Crippen molar-refractivity contribution in [2.24, 2.45) is 0 Å². The van der Waals surface area contributed by atoms with Gasteiger partial charge in [-0.1, -0.05) is 24.3 Å². The van der Waals surface area contributed by atoms with Crippen molar-refractivity contribution in [1.82, 2.24) is 4.98 Å². The first kappa shape index (κ1) is 7.80. The summed E-state index contributed by atoms with van der Waals surface area (Å²) in [6.45, 7) is 0. The Labute approximate surface area is 77.3 Å². The van der Waals surface area contributed by atoms with E-state index in [2.05, 4.69) is 16.5 Å². The Morgan fingerprint density at radius 3 is 2.54 bits per heavy atom. The molecule has 63 valence electrons. The lowest BCUT2D eigenvalue weighted by atomic mass is 10.3. The number of hydrogen-bond donors (Lipinski definition) is 1. The first-order valence-corrected chi connectivity index (χ1v) is 4.10. The lowest BCUT2D eigenvalue weighted by Gasteiger charge is -2.03. The average molecular weight is 169 g/mol. The molecule has 2 rings (SSSR count). The van der Waals surface area contributed by atoms with Crippen LogP contribution in [0.1, 0.15) is 0 Å². The van der Waals surface area contributed by atoms with E-state index in [1.165, 1.54) is 0 Å². The van der Waals surface area contributed by atoms with Crippen LogP contribution in [0.3, 0.4) is 0 Å². The van der Waals surface area contributed by atoms with Gasteiger partial charge in [0.15, 0.2) is 0 Å². The SMILES string of the molecule is [c]1cccc(Nc2ccccc2)n1. The number of nitrogens with zero attached hydrogens (tertiary/aromatic N) is 1. The largest absolute Gasteiger partial charge is 0.340 e. The van der Waals surface area contributed by atoms with Gasteiger partial charge < -0.3 is 5.32 Å². The molecule has 0 bridgehead atoms. The summed E-state index contributed by atoms with van der Waals surface area (Å²) in [7, 11) is 0. The average Bonchev–Trinajstić information content (AvgIpc) is 2.21. The lowest BCUT2D eigenvalue weighted by Crippen LogP contribution is -1.91. The molecule has 13 heavy (non-hydrogen) atoms. The van der Waals surface area contributed by atoms with Crippen LogP contribution in [0.2, 0.25) is 0 Å². The molecule has 1 heterocycles. The van der Waals surface area contributed by atoms with Gasteiger partial charge in [0.2, 0.25) is 0 Å². The Morgan fingerprint density at radius 1 is 1.00 bits per heavy atom. The maximum Gasteiger partial charge on any atom is 0.131 e. The van der Waals surface area contributed by atoms with Crippen molar-refractivity contribution in [2.45, 2.75) is 0 Å². The van der Waals surface area contributed by atoms with E-state index in [1.807, 2.05) is 42.5 Å². The minimum Gasteiger partial charge on any atom is -0.340 e. The fraction of sp³-hybridized carbons (Fsp3) is 0. The Balaban J connectivity index is 2.16. The van der Waals surface area contributed by atoms with Gasteiger partial charge in [-0.2, -0.15) is 0 Å². The monoisotopic (exact) mass is 169 g/mol. The Kier molecular flexibility index (Phi) is 2.23. The van der Waals surface area contributed by atoms with Crippen LogP contribution in [-0.2, 0) is 0 Å². The summed E-state index contributed by atoms with van der Waals surface area (Å²) in [4.78, 5) is 4.04. The highest BCUT2D eigenvalue weighted by molar-refractivity contribution is 5.55. The molecular weight excluding hydrogens is 160 g/mol. The van der Waals surface area contributed by atoms with E-state index in [0.717, 1.165) is 11.5 Å². The van der Waals surface area contributed by atoms with Gasteiger partial charge in [0.25, 0.3) is 0 Å². The highest BCUT2D eigenvalue weighted by Crippen LogP contribution is 2.11. The molecule has 1 radical (unpaired) electrons. The summed E-state index contributed by atoms with van der Waals surface area (Å²) in [5.41, 5.74) is 1.04. The molecule has 0 fully saturated rings. The standard InChI is InChI=1S/C11H9N2/c1-2-6-10(7-3-1)13-11-8-4-5-9-12-11/h1-8H,(H,12,13). The highest BCUT2D eigenvalue weighted by Gasteiger charge is 1.91. The second-order valence-electron chi connectivity index (χ2n) is 2.64. The smallest absolute Gasteiger partial charge is 0.131 e. The molecule has 0 aliphatic carbocycles. The first-order chi connectivity index (χ1) is 6.45. The van der Waals surface area contributed by atoms with Crippen molar-refractivity contribution in [3.05, 3.63) is 54.7 Å². The molecule has 2 nitrogen and oxygen atoms in total. The zero-order chi connectivity index (χ0) is 8.93. The quantitative estimate of drug-likeness (QED) is 0.747. The van der Waals surface area contributed by atoms with Crippen LogP contribution in [-0.4, -0.2) is 4.98 Å². The number of benzene rings is 1. The molecule has 0 amide bonds. The number of para-hydroxylation sites is 1.